The smallest absolute Gasteiger partial charge is 0.0721 e. The van der Waals surface area contributed by atoms with E-state index in [1.165, 1.54) is 0 Å². The van der Waals surface area contributed by atoms with E-state index in [1.807, 2.05) is 48.5 Å². The minimum Gasteiger partial charge on any atom is -0.248 e. The van der Waals surface area contributed by atoms with Crippen LogP contribution in [0.25, 0.3) is 22.5 Å². The van der Waals surface area contributed by atoms with E-state index < -0.39 is 0 Å². The molecule has 0 aliphatic rings. The molecule has 0 fully saturated rings. The summed E-state index contributed by atoms with van der Waals surface area (Å²) in [5, 5.41) is 1.43. The van der Waals surface area contributed by atoms with E-state index >= 15 is 0 Å². The number of hydrogen-bond donors (Lipinski definition) is 0. The second kappa shape index (κ2) is 6.74. The molecule has 0 aliphatic carbocycles. The van der Waals surface area contributed by atoms with Gasteiger partial charge in [-0.15, -0.1) is 11.8 Å². The Hall–Kier alpha value is -1.48. The van der Waals surface area contributed by atoms with Crippen molar-refractivity contribution in [2.45, 2.75) is 4.90 Å². The van der Waals surface area contributed by atoms with Crippen molar-refractivity contribution < 1.29 is 0 Å². The fourth-order valence-electron chi connectivity index (χ4n) is 2.19. The predicted octanol–water partition coefficient (Wildman–Crippen LogP) is 6.44. The summed E-state index contributed by atoms with van der Waals surface area (Å²) in [5.41, 5.74) is 3.90. The van der Waals surface area contributed by atoms with Crippen molar-refractivity contribution in [2.75, 3.05) is 6.26 Å². The van der Waals surface area contributed by atoms with E-state index in [1.54, 1.807) is 11.8 Å². The van der Waals surface area contributed by atoms with Crippen LogP contribution in [-0.2, 0) is 0 Å². The predicted molar refractivity (Wildman–Crippen MR) is 96.9 cm³/mol. The Bertz CT molecular complexity index is 800. The van der Waals surface area contributed by atoms with E-state index in [0.717, 1.165) is 32.4 Å². The Labute approximate surface area is 144 Å². The summed E-state index contributed by atoms with van der Waals surface area (Å²) in [6.07, 6.45) is 2.06. The summed E-state index contributed by atoms with van der Waals surface area (Å²) >= 11 is 13.8. The number of benzene rings is 2. The van der Waals surface area contributed by atoms with Gasteiger partial charge < -0.3 is 0 Å². The fourth-order valence-corrected chi connectivity index (χ4v) is 2.96. The van der Waals surface area contributed by atoms with E-state index in [-0.39, 0.29) is 0 Å². The summed E-state index contributed by atoms with van der Waals surface area (Å²) < 4.78 is 0. The molecule has 0 atom stereocenters. The molecular weight excluding hydrogens is 333 g/mol. The van der Waals surface area contributed by atoms with Gasteiger partial charge in [0.2, 0.25) is 0 Å². The highest BCUT2D eigenvalue weighted by atomic mass is 35.5. The maximum Gasteiger partial charge on any atom is 0.0721 e. The van der Waals surface area contributed by atoms with E-state index in [4.69, 9.17) is 28.2 Å². The topological polar surface area (TPSA) is 12.9 Å². The van der Waals surface area contributed by atoms with Crippen LogP contribution in [0.1, 0.15) is 0 Å². The Balaban J connectivity index is 2.12. The molecule has 1 nitrogen and oxygen atoms in total. The molecule has 0 spiro atoms. The molecule has 1 aromatic heterocycles. The Morgan fingerprint density at radius 2 is 1.45 bits per heavy atom. The molecule has 2 aromatic carbocycles. The Kier molecular flexibility index (Phi) is 4.72. The first-order chi connectivity index (χ1) is 10.7. The lowest BCUT2D eigenvalue weighted by molar-refractivity contribution is 1.27. The van der Waals surface area contributed by atoms with Crippen molar-refractivity contribution in [1.82, 2.24) is 4.98 Å². The molecule has 110 valence electrons. The lowest BCUT2D eigenvalue weighted by Gasteiger charge is -2.09. The standard InChI is InChI=1S/C18H13Cl2NS/c1-22-16-10-17(12-5-7-14(19)8-6-12)21-18(11-16)13-3-2-4-15(20)9-13/h2-11H,1H3. The van der Waals surface area contributed by atoms with Gasteiger partial charge in [-0.2, -0.15) is 0 Å². The second-order valence-electron chi connectivity index (χ2n) is 4.79. The van der Waals surface area contributed by atoms with Crippen molar-refractivity contribution >= 4 is 35.0 Å². The molecule has 0 bridgehead atoms. The number of aromatic nitrogens is 1. The summed E-state index contributed by atoms with van der Waals surface area (Å²) in [5.74, 6) is 0. The number of rotatable bonds is 3. The molecule has 0 unspecified atom stereocenters. The van der Waals surface area contributed by atoms with Gasteiger partial charge in [0.1, 0.15) is 0 Å². The molecule has 4 heteroatoms. The van der Waals surface area contributed by atoms with Crippen LogP contribution in [0, 0.1) is 0 Å². The molecule has 3 aromatic rings. The SMILES string of the molecule is CSc1cc(-c2ccc(Cl)cc2)nc(-c2cccc(Cl)c2)c1. The second-order valence-corrected chi connectivity index (χ2v) is 6.55. The maximum atomic E-state index is 6.09. The van der Waals surface area contributed by atoms with Gasteiger partial charge in [0.25, 0.3) is 0 Å². The quantitative estimate of drug-likeness (QED) is 0.506. The Morgan fingerprint density at radius 1 is 0.773 bits per heavy atom. The molecule has 0 amide bonds. The zero-order valence-corrected chi connectivity index (χ0v) is 14.2. The first-order valence-electron chi connectivity index (χ1n) is 6.73. The van der Waals surface area contributed by atoms with Crippen molar-refractivity contribution in [3.8, 4) is 22.5 Å². The molecule has 3 rings (SSSR count). The van der Waals surface area contributed by atoms with E-state index in [2.05, 4.69) is 18.4 Å². The van der Waals surface area contributed by atoms with E-state index in [9.17, 15) is 0 Å². The third-order valence-electron chi connectivity index (χ3n) is 3.29. The van der Waals surface area contributed by atoms with Gasteiger partial charge in [0.15, 0.2) is 0 Å². The van der Waals surface area contributed by atoms with Crippen molar-refractivity contribution in [1.29, 1.82) is 0 Å². The minimum atomic E-state index is 0.710. The molecule has 0 saturated heterocycles. The van der Waals surface area contributed by atoms with Crippen LogP contribution in [0.5, 0.6) is 0 Å². The third-order valence-corrected chi connectivity index (χ3v) is 4.49. The van der Waals surface area contributed by atoms with Gasteiger partial charge in [-0.3, -0.25) is 0 Å². The number of pyridine rings is 1. The highest BCUT2D eigenvalue weighted by molar-refractivity contribution is 7.98. The normalized spacial score (nSPS) is 10.7. The van der Waals surface area contributed by atoms with Crippen LogP contribution in [0.2, 0.25) is 10.0 Å². The van der Waals surface area contributed by atoms with Crippen LogP contribution < -0.4 is 0 Å². The molecule has 0 radical (unpaired) electrons. The maximum absolute atomic E-state index is 6.09. The third kappa shape index (κ3) is 3.46. The lowest BCUT2D eigenvalue weighted by atomic mass is 10.1. The summed E-state index contributed by atoms with van der Waals surface area (Å²) in [4.78, 5) is 5.94. The number of halogens is 2. The van der Waals surface area contributed by atoms with Gasteiger partial charge in [-0.05, 0) is 42.7 Å². The first kappa shape index (κ1) is 15.4. The molecule has 0 aliphatic heterocycles. The lowest BCUT2D eigenvalue weighted by Crippen LogP contribution is -1.90. The minimum absolute atomic E-state index is 0.710. The molecular formula is C18H13Cl2NS. The largest absolute Gasteiger partial charge is 0.248 e. The van der Waals surface area contributed by atoms with Crippen LogP contribution in [0.3, 0.4) is 0 Å². The average Bonchev–Trinajstić information content (AvgIpc) is 2.55. The highest BCUT2D eigenvalue weighted by Gasteiger charge is 2.07. The van der Waals surface area contributed by atoms with Gasteiger partial charge in [-0.25, -0.2) is 4.98 Å². The average molecular weight is 346 g/mol. The molecule has 1 heterocycles. The number of hydrogen-bond acceptors (Lipinski definition) is 2. The van der Waals surface area contributed by atoms with Crippen molar-refractivity contribution in [3.63, 3.8) is 0 Å². The summed E-state index contributed by atoms with van der Waals surface area (Å²) in [7, 11) is 0. The first-order valence-corrected chi connectivity index (χ1v) is 8.72. The monoisotopic (exact) mass is 345 g/mol. The summed E-state index contributed by atoms with van der Waals surface area (Å²) in [6.45, 7) is 0. The molecule has 0 N–H and O–H groups in total. The van der Waals surface area contributed by atoms with Crippen LogP contribution in [-0.4, -0.2) is 11.2 Å². The van der Waals surface area contributed by atoms with Crippen molar-refractivity contribution in [2.24, 2.45) is 0 Å². The zero-order valence-electron chi connectivity index (χ0n) is 11.9. The van der Waals surface area contributed by atoms with Gasteiger partial charge in [0, 0.05) is 26.1 Å². The Morgan fingerprint density at radius 3 is 2.09 bits per heavy atom. The highest BCUT2D eigenvalue weighted by Crippen LogP contribution is 2.30. The van der Waals surface area contributed by atoms with E-state index in [0.29, 0.717) is 5.02 Å². The molecule has 0 saturated carbocycles. The van der Waals surface area contributed by atoms with Crippen molar-refractivity contribution in [3.05, 3.63) is 70.7 Å². The fraction of sp³-hybridized carbons (Fsp3) is 0.0556. The zero-order chi connectivity index (χ0) is 15.5. The van der Waals surface area contributed by atoms with Gasteiger partial charge in [0.05, 0.1) is 11.4 Å². The summed E-state index contributed by atoms with van der Waals surface area (Å²) in [6, 6.07) is 19.6. The van der Waals surface area contributed by atoms with Gasteiger partial charge >= 0.3 is 0 Å². The van der Waals surface area contributed by atoms with Crippen LogP contribution in [0.4, 0.5) is 0 Å². The number of thioether (sulfide) groups is 1. The van der Waals surface area contributed by atoms with Crippen LogP contribution in [0.15, 0.2) is 65.6 Å². The number of nitrogens with zero attached hydrogens (tertiary/aromatic N) is 1. The van der Waals surface area contributed by atoms with Gasteiger partial charge in [-0.1, -0.05) is 47.5 Å². The van der Waals surface area contributed by atoms with Crippen LogP contribution >= 0.6 is 35.0 Å². The molecule has 22 heavy (non-hydrogen) atoms.